The largest absolute Gasteiger partial charge is 0.472 e. The van der Waals surface area contributed by atoms with Crippen molar-refractivity contribution in [1.82, 2.24) is 0 Å². The minimum absolute atomic E-state index is 0.108. The summed E-state index contributed by atoms with van der Waals surface area (Å²) in [7, 11) is -9.93. The van der Waals surface area contributed by atoms with Gasteiger partial charge in [0.05, 0.1) is 26.4 Å². The summed E-state index contributed by atoms with van der Waals surface area (Å²) in [6.07, 6.45) is 79.3. The van der Waals surface area contributed by atoms with Gasteiger partial charge in [-0.15, -0.1) is 0 Å². The first kappa shape index (κ1) is 108. The lowest BCUT2D eigenvalue weighted by atomic mass is 9.99. The Balaban J connectivity index is 5.22. The SMILES string of the molecule is CCCCCCCCCCCCCCCCCCCCCCCCC(=O)OC[C@H](COP(=O)(O)OC[C@@H](O)COP(=O)(O)OC[C@@H](COC(=O)CCCCCCCCCCC(C)CC)OC(=O)CCCCCCCCCCCCCCCC)OC(=O)CCCCCCCCCCCCCCCCCCCCCCCC. The van der Waals surface area contributed by atoms with Crippen molar-refractivity contribution in [3.05, 3.63) is 0 Å². The Morgan fingerprint density at radius 1 is 0.255 bits per heavy atom. The van der Waals surface area contributed by atoms with Crippen molar-refractivity contribution in [2.75, 3.05) is 39.6 Å². The van der Waals surface area contributed by atoms with Crippen molar-refractivity contribution < 1.29 is 80.2 Å². The smallest absolute Gasteiger partial charge is 0.462 e. The number of aliphatic hydroxyl groups excluding tert-OH is 1. The molecule has 0 aromatic carbocycles. The highest BCUT2D eigenvalue weighted by Gasteiger charge is 2.31. The van der Waals surface area contributed by atoms with Gasteiger partial charge in [0.2, 0.25) is 0 Å². The van der Waals surface area contributed by atoms with Crippen LogP contribution in [0.1, 0.15) is 497 Å². The predicted octanol–water partition coefficient (Wildman–Crippen LogP) is 28.3. The van der Waals surface area contributed by atoms with E-state index in [2.05, 4.69) is 34.6 Å². The molecule has 0 radical (unpaired) electrons. The molecule has 3 N–H and O–H groups in total. The van der Waals surface area contributed by atoms with E-state index in [1.807, 2.05) is 0 Å². The first-order chi connectivity index (χ1) is 53.6. The molecular formula is C91H178O17P2. The lowest BCUT2D eigenvalue weighted by Gasteiger charge is -2.21. The zero-order valence-electron chi connectivity index (χ0n) is 72.4. The van der Waals surface area contributed by atoms with E-state index in [0.29, 0.717) is 25.7 Å². The second-order valence-electron chi connectivity index (χ2n) is 32.9. The molecule has 0 saturated heterocycles. The zero-order chi connectivity index (χ0) is 80.4. The van der Waals surface area contributed by atoms with E-state index >= 15 is 0 Å². The molecule has 3 unspecified atom stereocenters. The summed E-state index contributed by atoms with van der Waals surface area (Å²) in [5.74, 6) is -1.32. The minimum Gasteiger partial charge on any atom is -0.462 e. The van der Waals surface area contributed by atoms with Gasteiger partial charge < -0.3 is 33.8 Å². The van der Waals surface area contributed by atoms with E-state index in [-0.39, 0.29) is 25.7 Å². The molecule has 0 spiro atoms. The molecule has 0 rings (SSSR count). The Morgan fingerprint density at radius 3 is 0.645 bits per heavy atom. The topological polar surface area (TPSA) is 237 Å². The van der Waals surface area contributed by atoms with Gasteiger partial charge in [-0.1, -0.05) is 446 Å². The molecular weight excluding hydrogens is 1430 g/mol. The Labute approximate surface area is 677 Å². The summed E-state index contributed by atoms with van der Waals surface area (Å²) in [4.78, 5) is 73.4. The van der Waals surface area contributed by atoms with Gasteiger partial charge in [0, 0.05) is 25.7 Å². The van der Waals surface area contributed by atoms with Crippen LogP contribution in [0.2, 0.25) is 0 Å². The summed E-state index contributed by atoms with van der Waals surface area (Å²) in [6.45, 7) is 7.39. The van der Waals surface area contributed by atoms with Crippen LogP contribution in [0.25, 0.3) is 0 Å². The molecule has 654 valence electrons. The molecule has 17 nitrogen and oxygen atoms in total. The number of unbranched alkanes of at least 4 members (excludes halogenated alkanes) is 62. The average molecular weight is 1610 g/mol. The lowest BCUT2D eigenvalue weighted by molar-refractivity contribution is -0.161. The second-order valence-corrected chi connectivity index (χ2v) is 35.8. The van der Waals surface area contributed by atoms with Gasteiger partial charge in [-0.05, 0) is 31.6 Å². The fraction of sp³-hybridized carbons (Fsp3) is 0.956. The van der Waals surface area contributed by atoms with Crippen molar-refractivity contribution in [1.29, 1.82) is 0 Å². The fourth-order valence-electron chi connectivity index (χ4n) is 14.3. The Kier molecular flexibility index (Phi) is 82.1. The molecule has 0 aromatic heterocycles. The van der Waals surface area contributed by atoms with Crippen LogP contribution in [0.15, 0.2) is 0 Å². The highest BCUT2D eigenvalue weighted by atomic mass is 31.2. The van der Waals surface area contributed by atoms with E-state index in [9.17, 15) is 43.2 Å². The number of phosphoric acid groups is 2. The molecule has 0 aliphatic rings. The summed E-state index contributed by atoms with van der Waals surface area (Å²) < 4.78 is 69.0. The van der Waals surface area contributed by atoms with Crippen LogP contribution in [-0.2, 0) is 65.4 Å². The third-order valence-corrected chi connectivity index (χ3v) is 23.8. The van der Waals surface area contributed by atoms with Gasteiger partial charge in [0.15, 0.2) is 12.2 Å². The third kappa shape index (κ3) is 82.6. The molecule has 0 bridgehead atoms. The molecule has 0 aliphatic heterocycles. The van der Waals surface area contributed by atoms with Crippen LogP contribution in [0, 0.1) is 5.92 Å². The lowest BCUT2D eigenvalue weighted by Crippen LogP contribution is -2.30. The van der Waals surface area contributed by atoms with Crippen molar-refractivity contribution in [3.63, 3.8) is 0 Å². The van der Waals surface area contributed by atoms with Crippen molar-refractivity contribution >= 4 is 39.5 Å². The third-order valence-electron chi connectivity index (χ3n) is 21.9. The molecule has 0 aliphatic carbocycles. The van der Waals surface area contributed by atoms with Gasteiger partial charge in [0.1, 0.15) is 19.3 Å². The molecule has 0 aromatic rings. The monoisotopic (exact) mass is 1610 g/mol. The standard InChI is InChI=1S/C91H178O17P2/c1-6-10-13-16-19-22-25-28-31-33-35-37-39-41-43-45-48-50-53-59-64-69-74-88(93)101-80-86(107-91(96)77-72-67-62-55-52-49-46-44-42-40-38-36-34-32-29-26-23-20-17-14-11-7-2)82-105-109(97,98)103-78-85(92)79-104-110(99,100)106-83-87(81-102-89(94)75-70-65-60-57-56-58-63-68-73-84(5)9-4)108-90(95)76-71-66-61-54-51-47-30-27-24-21-18-15-12-8-3/h84-87,92H,6-83H2,1-5H3,(H,97,98)(H,99,100)/t84?,85-,86-,87-/m1/s1. The number of carbonyl (C=O) groups is 4. The number of phosphoric ester groups is 2. The van der Waals surface area contributed by atoms with E-state index in [1.165, 1.54) is 321 Å². The maximum absolute atomic E-state index is 13.2. The Bertz CT molecular complexity index is 2080. The van der Waals surface area contributed by atoms with Crippen LogP contribution < -0.4 is 0 Å². The summed E-state index contributed by atoms with van der Waals surface area (Å²) >= 11 is 0. The summed E-state index contributed by atoms with van der Waals surface area (Å²) in [5.41, 5.74) is 0. The van der Waals surface area contributed by atoms with Gasteiger partial charge in [-0.2, -0.15) is 0 Å². The fourth-order valence-corrected chi connectivity index (χ4v) is 15.9. The minimum atomic E-state index is -4.97. The molecule has 19 heteroatoms. The zero-order valence-corrected chi connectivity index (χ0v) is 74.2. The van der Waals surface area contributed by atoms with Crippen LogP contribution >= 0.6 is 15.6 Å². The Hall–Kier alpha value is -1.94. The number of rotatable bonds is 91. The number of ether oxygens (including phenoxy) is 4. The number of carbonyl (C=O) groups excluding carboxylic acids is 4. The normalized spacial score (nSPS) is 13.9. The van der Waals surface area contributed by atoms with E-state index < -0.39 is 97.5 Å². The number of aliphatic hydroxyl groups is 1. The Morgan fingerprint density at radius 2 is 0.436 bits per heavy atom. The highest BCUT2D eigenvalue weighted by molar-refractivity contribution is 7.47. The van der Waals surface area contributed by atoms with Crippen LogP contribution in [0.3, 0.4) is 0 Å². The van der Waals surface area contributed by atoms with Crippen LogP contribution in [0.4, 0.5) is 0 Å². The van der Waals surface area contributed by atoms with Crippen LogP contribution in [-0.4, -0.2) is 96.7 Å². The van der Waals surface area contributed by atoms with Crippen molar-refractivity contribution in [2.45, 2.75) is 515 Å². The predicted molar refractivity (Wildman–Crippen MR) is 455 cm³/mol. The maximum Gasteiger partial charge on any atom is 0.472 e. The molecule has 0 fully saturated rings. The van der Waals surface area contributed by atoms with Gasteiger partial charge >= 0.3 is 39.5 Å². The van der Waals surface area contributed by atoms with Crippen molar-refractivity contribution in [3.8, 4) is 0 Å². The maximum atomic E-state index is 13.2. The molecule has 110 heavy (non-hydrogen) atoms. The van der Waals surface area contributed by atoms with Gasteiger partial charge in [-0.3, -0.25) is 37.3 Å². The van der Waals surface area contributed by atoms with Crippen molar-refractivity contribution in [2.24, 2.45) is 5.92 Å². The number of hydrogen-bond donors (Lipinski definition) is 3. The molecule has 6 atom stereocenters. The molecule has 0 saturated carbocycles. The average Bonchev–Trinajstić information content (AvgIpc) is 0.898. The molecule has 0 amide bonds. The highest BCUT2D eigenvalue weighted by Crippen LogP contribution is 2.45. The number of hydrogen-bond acceptors (Lipinski definition) is 15. The van der Waals surface area contributed by atoms with Crippen LogP contribution in [0.5, 0.6) is 0 Å². The second kappa shape index (κ2) is 83.5. The first-order valence-electron chi connectivity index (χ1n) is 47.2. The number of esters is 4. The van der Waals surface area contributed by atoms with Gasteiger partial charge in [0.25, 0.3) is 0 Å². The van der Waals surface area contributed by atoms with E-state index in [4.69, 9.17) is 37.0 Å². The molecule has 0 heterocycles. The van der Waals surface area contributed by atoms with E-state index in [0.717, 1.165) is 95.8 Å². The van der Waals surface area contributed by atoms with E-state index in [1.54, 1.807) is 0 Å². The summed E-state index contributed by atoms with van der Waals surface area (Å²) in [6, 6.07) is 0. The summed E-state index contributed by atoms with van der Waals surface area (Å²) in [5, 5.41) is 10.7. The first-order valence-corrected chi connectivity index (χ1v) is 50.2. The quantitative estimate of drug-likeness (QED) is 0.0222. The van der Waals surface area contributed by atoms with Gasteiger partial charge in [-0.25, -0.2) is 9.13 Å².